The van der Waals surface area contributed by atoms with Gasteiger partial charge in [0.2, 0.25) is 0 Å². The number of nitrogens with zero attached hydrogens (tertiary/aromatic N) is 4. The molecule has 0 atom stereocenters. The van der Waals surface area contributed by atoms with Gasteiger partial charge in [0, 0.05) is 67.4 Å². The van der Waals surface area contributed by atoms with Crippen molar-refractivity contribution in [3.63, 3.8) is 0 Å². The summed E-state index contributed by atoms with van der Waals surface area (Å²) in [4.78, 5) is 11.8. The summed E-state index contributed by atoms with van der Waals surface area (Å²) in [5.41, 5.74) is 6.25. The van der Waals surface area contributed by atoms with Crippen LogP contribution in [-0.2, 0) is 13.1 Å². The van der Waals surface area contributed by atoms with Crippen LogP contribution < -0.4 is 10.2 Å². The lowest BCUT2D eigenvalue weighted by atomic mass is 9.95. The zero-order valence-corrected chi connectivity index (χ0v) is 23.2. The quantitative estimate of drug-likeness (QED) is 0.392. The Bertz CT molecular complexity index is 1140. The van der Waals surface area contributed by atoms with Crippen LogP contribution in [0.25, 0.3) is 11.1 Å². The average Bonchev–Trinajstić information content (AvgIpc) is 2.90. The summed E-state index contributed by atoms with van der Waals surface area (Å²) >= 11 is 12.8. The Morgan fingerprint density at radius 2 is 1.32 bits per heavy atom. The molecule has 2 aliphatic heterocycles. The van der Waals surface area contributed by atoms with E-state index in [-0.39, 0.29) is 0 Å². The van der Waals surface area contributed by atoms with Gasteiger partial charge in [0.1, 0.15) is 0 Å². The molecule has 2 aromatic carbocycles. The second-order valence-electron chi connectivity index (χ2n) is 10.4. The number of hydrogen-bond acceptors (Lipinski definition) is 5. The third-order valence-electron chi connectivity index (χ3n) is 7.66. The number of pyridine rings is 1. The minimum absolute atomic E-state index is 0.674. The van der Waals surface area contributed by atoms with Gasteiger partial charge in [-0.1, -0.05) is 29.3 Å². The maximum Gasteiger partial charge on any atom is 0.0426 e. The van der Waals surface area contributed by atoms with Crippen molar-refractivity contribution in [2.45, 2.75) is 25.9 Å². The van der Waals surface area contributed by atoms with Gasteiger partial charge in [0.25, 0.3) is 0 Å². The second-order valence-corrected chi connectivity index (χ2v) is 11.3. The molecule has 0 spiro atoms. The van der Waals surface area contributed by atoms with Crippen LogP contribution in [0.2, 0.25) is 10.0 Å². The molecular weight excluding hydrogens is 501 g/mol. The van der Waals surface area contributed by atoms with E-state index in [9.17, 15) is 0 Å². The minimum atomic E-state index is 0.674. The summed E-state index contributed by atoms with van der Waals surface area (Å²) in [6.07, 6.45) is 6.28. The van der Waals surface area contributed by atoms with Crippen molar-refractivity contribution in [3.05, 3.63) is 82.1 Å². The molecule has 1 N–H and O–H groups in total. The van der Waals surface area contributed by atoms with Crippen LogP contribution in [0.5, 0.6) is 0 Å². The molecule has 0 saturated carbocycles. The monoisotopic (exact) mass is 537 g/mol. The van der Waals surface area contributed by atoms with Crippen LogP contribution in [0, 0.1) is 5.92 Å². The zero-order chi connectivity index (χ0) is 25.6. The fraction of sp³-hybridized carbons (Fsp3) is 0.433. The number of aromatic nitrogens is 1. The zero-order valence-electron chi connectivity index (χ0n) is 21.7. The summed E-state index contributed by atoms with van der Waals surface area (Å²) in [6, 6.07) is 17.1. The Hall–Kier alpha value is -2.15. The molecular formula is C30H37Cl2N5. The Labute approximate surface area is 231 Å². The highest BCUT2D eigenvalue weighted by atomic mass is 35.5. The van der Waals surface area contributed by atoms with Gasteiger partial charge < -0.3 is 10.2 Å². The van der Waals surface area contributed by atoms with Crippen molar-refractivity contribution < 1.29 is 0 Å². The van der Waals surface area contributed by atoms with Gasteiger partial charge in [-0.3, -0.25) is 14.8 Å². The number of anilines is 1. The van der Waals surface area contributed by atoms with Gasteiger partial charge in [-0.25, -0.2) is 0 Å². The van der Waals surface area contributed by atoms with Gasteiger partial charge in [-0.2, -0.15) is 0 Å². The predicted molar refractivity (Wildman–Crippen MR) is 156 cm³/mol. The van der Waals surface area contributed by atoms with E-state index in [1.807, 2.05) is 24.5 Å². The van der Waals surface area contributed by atoms with E-state index >= 15 is 0 Å². The third kappa shape index (κ3) is 7.24. The summed E-state index contributed by atoms with van der Waals surface area (Å²) in [6.45, 7) is 9.52. The van der Waals surface area contributed by atoms with E-state index in [0.29, 0.717) is 10.0 Å². The molecule has 0 aliphatic carbocycles. The minimum Gasteiger partial charge on any atom is -0.369 e. The van der Waals surface area contributed by atoms with Crippen molar-refractivity contribution in [3.8, 4) is 11.1 Å². The second kappa shape index (κ2) is 12.6. The molecule has 5 nitrogen and oxygen atoms in total. The lowest BCUT2D eigenvalue weighted by molar-refractivity contribution is 0.176. The van der Waals surface area contributed by atoms with Gasteiger partial charge in [-0.15, -0.1) is 0 Å². The summed E-state index contributed by atoms with van der Waals surface area (Å²) in [7, 11) is 2.06. The lowest BCUT2D eigenvalue weighted by Crippen LogP contribution is -2.46. The molecule has 0 amide bonds. The number of rotatable bonds is 8. The van der Waals surface area contributed by atoms with Gasteiger partial charge >= 0.3 is 0 Å². The number of benzene rings is 2. The van der Waals surface area contributed by atoms with E-state index < -0.39 is 0 Å². The molecule has 0 unspecified atom stereocenters. The fourth-order valence-electron chi connectivity index (χ4n) is 5.71. The lowest BCUT2D eigenvalue weighted by Gasteiger charge is -2.36. The van der Waals surface area contributed by atoms with Crippen LogP contribution >= 0.6 is 23.2 Å². The van der Waals surface area contributed by atoms with Crippen LogP contribution in [-0.4, -0.2) is 67.6 Å². The predicted octanol–water partition coefficient (Wildman–Crippen LogP) is 5.81. The number of piperidine rings is 1. The molecule has 3 aromatic rings. The smallest absolute Gasteiger partial charge is 0.0426 e. The van der Waals surface area contributed by atoms with E-state index in [1.165, 1.54) is 35.2 Å². The Morgan fingerprint density at radius 1 is 0.757 bits per heavy atom. The summed E-state index contributed by atoms with van der Waals surface area (Å²) in [5.74, 6) is 0.794. The van der Waals surface area contributed by atoms with E-state index in [1.54, 1.807) is 6.07 Å². The van der Waals surface area contributed by atoms with Crippen molar-refractivity contribution in [1.29, 1.82) is 0 Å². The third-order valence-corrected chi connectivity index (χ3v) is 8.10. The van der Waals surface area contributed by atoms with Crippen LogP contribution in [0.1, 0.15) is 24.0 Å². The molecule has 37 heavy (non-hydrogen) atoms. The van der Waals surface area contributed by atoms with Crippen LogP contribution in [0.3, 0.4) is 0 Å². The largest absolute Gasteiger partial charge is 0.369 e. The molecule has 2 fully saturated rings. The SMILES string of the molecule is CNCC1CCN(Cc2cc(CN3CCN(c4ccncc4)CC3)cc(-c3cc(Cl)cc(Cl)c3)c2)CC1. The van der Waals surface area contributed by atoms with Crippen molar-refractivity contribution >= 4 is 28.9 Å². The molecule has 7 heteroatoms. The van der Waals surface area contributed by atoms with Crippen molar-refractivity contribution in [2.75, 3.05) is 57.8 Å². The first kappa shape index (κ1) is 26.5. The normalized spacial score (nSPS) is 17.9. The highest BCUT2D eigenvalue weighted by Crippen LogP contribution is 2.30. The first-order valence-electron chi connectivity index (χ1n) is 13.4. The summed E-state index contributed by atoms with van der Waals surface area (Å²) in [5, 5.41) is 4.69. The maximum absolute atomic E-state index is 6.38. The Morgan fingerprint density at radius 3 is 1.92 bits per heavy atom. The topological polar surface area (TPSA) is 34.6 Å². The number of halogens is 2. The molecule has 0 bridgehead atoms. The Kier molecular flexibility index (Phi) is 9.01. The maximum atomic E-state index is 6.38. The van der Waals surface area contributed by atoms with Gasteiger partial charge in [0.15, 0.2) is 0 Å². The fourth-order valence-corrected chi connectivity index (χ4v) is 6.23. The van der Waals surface area contributed by atoms with Gasteiger partial charge in [-0.05, 0) is 110 Å². The average molecular weight is 539 g/mol. The molecule has 5 rings (SSSR count). The van der Waals surface area contributed by atoms with Gasteiger partial charge in [0.05, 0.1) is 0 Å². The molecule has 2 aliphatic rings. The number of nitrogens with one attached hydrogen (secondary N) is 1. The molecule has 1 aromatic heterocycles. The standard InChI is InChI=1S/C30H37Cl2N5/c1-33-20-23-4-8-35(9-5-23)21-24-14-25(16-26(15-24)27-17-28(31)19-29(32)18-27)22-36-10-12-37(13-11-36)30-2-6-34-7-3-30/h2-3,6-7,14-19,23,33H,4-5,8-13,20-22H2,1H3. The van der Waals surface area contributed by atoms with E-state index in [2.05, 4.69) is 62.4 Å². The first-order chi connectivity index (χ1) is 18.1. The molecule has 196 valence electrons. The van der Waals surface area contributed by atoms with Crippen LogP contribution in [0.15, 0.2) is 60.9 Å². The number of hydrogen-bond donors (Lipinski definition) is 1. The van der Waals surface area contributed by atoms with Crippen molar-refractivity contribution in [1.82, 2.24) is 20.1 Å². The summed E-state index contributed by atoms with van der Waals surface area (Å²) < 4.78 is 0. The van der Waals surface area contributed by atoms with E-state index in [0.717, 1.165) is 70.4 Å². The van der Waals surface area contributed by atoms with Crippen LogP contribution in [0.4, 0.5) is 5.69 Å². The number of likely N-dealkylation sites (tertiary alicyclic amines) is 1. The number of piperazine rings is 1. The highest BCUT2D eigenvalue weighted by Gasteiger charge is 2.20. The highest BCUT2D eigenvalue weighted by molar-refractivity contribution is 6.35. The molecule has 3 heterocycles. The van der Waals surface area contributed by atoms with E-state index in [4.69, 9.17) is 23.2 Å². The first-order valence-corrected chi connectivity index (χ1v) is 14.1. The molecule has 0 radical (unpaired) electrons. The van der Waals surface area contributed by atoms with Crippen molar-refractivity contribution in [2.24, 2.45) is 5.92 Å². The Balaban J connectivity index is 1.31. The molecule has 2 saturated heterocycles.